The summed E-state index contributed by atoms with van der Waals surface area (Å²) >= 11 is 0. The zero-order valence-corrected chi connectivity index (χ0v) is 19.2. The molecule has 2 N–H and O–H groups in total. The number of benzene rings is 1. The molecule has 0 atom stereocenters. The van der Waals surface area contributed by atoms with Crippen LogP contribution in [0.15, 0.2) is 47.6 Å². The number of pyridine rings is 1. The molecule has 1 aromatic carbocycles. The van der Waals surface area contributed by atoms with Gasteiger partial charge < -0.3 is 20.1 Å². The summed E-state index contributed by atoms with van der Waals surface area (Å²) < 4.78 is 12.6. The molecule has 0 spiro atoms. The van der Waals surface area contributed by atoms with Crippen LogP contribution in [0.2, 0.25) is 0 Å². The molecule has 9 heteroatoms. The second-order valence-corrected chi connectivity index (χ2v) is 6.11. The van der Waals surface area contributed by atoms with Crippen molar-refractivity contribution in [2.24, 2.45) is 4.99 Å². The number of guanidine groups is 1. The van der Waals surface area contributed by atoms with Gasteiger partial charge in [-0.1, -0.05) is 12.1 Å². The molecule has 0 aliphatic carbocycles. The Labute approximate surface area is 187 Å². The van der Waals surface area contributed by atoms with Crippen molar-refractivity contribution in [3.05, 3.63) is 54.0 Å². The summed E-state index contributed by atoms with van der Waals surface area (Å²) in [6, 6.07) is 11.7. The molecule has 29 heavy (non-hydrogen) atoms. The third kappa shape index (κ3) is 5.96. The number of aromatic nitrogens is 3. The molecule has 0 fully saturated rings. The van der Waals surface area contributed by atoms with Gasteiger partial charge in [-0.25, -0.2) is 4.99 Å². The van der Waals surface area contributed by atoms with Crippen LogP contribution in [0, 0.1) is 0 Å². The quantitative estimate of drug-likeness (QED) is 0.276. The van der Waals surface area contributed by atoms with Gasteiger partial charge in [0.15, 0.2) is 23.1 Å². The molecule has 2 aromatic heterocycles. The molecule has 0 aliphatic rings. The minimum absolute atomic E-state index is 0. The van der Waals surface area contributed by atoms with Crippen LogP contribution in [0.5, 0.6) is 11.5 Å². The number of nitrogens with one attached hydrogen (secondary N) is 2. The smallest absolute Gasteiger partial charge is 0.191 e. The van der Waals surface area contributed by atoms with E-state index in [1.807, 2.05) is 53.9 Å². The zero-order chi connectivity index (χ0) is 19.8. The molecule has 0 aliphatic heterocycles. The van der Waals surface area contributed by atoms with Crippen molar-refractivity contribution >= 4 is 35.6 Å². The first-order valence-corrected chi connectivity index (χ1v) is 9.27. The fourth-order valence-electron chi connectivity index (χ4n) is 2.85. The number of aliphatic imine (C=N–C) groups is 1. The lowest BCUT2D eigenvalue weighted by atomic mass is 10.2. The van der Waals surface area contributed by atoms with Crippen LogP contribution in [0.25, 0.3) is 5.65 Å². The van der Waals surface area contributed by atoms with Crippen molar-refractivity contribution in [3.63, 3.8) is 0 Å². The summed E-state index contributed by atoms with van der Waals surface area (Å²) in [6.45, 7) is 4.06. The number of methoxy groups -OCH3 is 2. The Morgan fingerprint density at radius 1 is 1.07 bits per heavy atom. The van der Waals surface area contributed by atoms with Gasteiger partial charge in [-0.3, -0.25) is 4.40 Å². The highest BCUT2D eigenvalue weighted by molar-refractivity contribution is 14.0. The number of nitrogens with zero attached hydrogens (tertiary/aromatic N) is 4. The van der Waals surface area contributed by atoms with Crippen molar-refractivity contribution in [2.45, 2.75) is 19.9 Å². The monoisotopic (exact) mass is 510 g/mol. The van der Waals surface area contributed by atoms with Crippen molar-refractivity contribution in [3.8, 4) is 11.5 Å². The third-order valence-corrected chi connectivity index (χ3v) is 4.24. The highest BCUT2D eigenvalue weighted by Crippen LogP contribution is 2.27. The molecule has 0 saturated heterocycles. The highest BCUT2D eigenvalue weighted by atomic mass is 127. The van der Waals surface area contributed by atoms with Gasteiger partial charge in [0.25, 0.3) is 0 Å². The van der Waals surface area contributed by atoms with Crippen LogP contribution >= 0.6 is 24.0 Å². The van der Waals surface area contributed by atoms with Gasteiger partial charge in [-0.15, -0.1) is 34.2 Å². The molecular weight excluding hydrogens is 483 g/mol. The average molecular weight is 510 g/mol. The van der Waals surface area contributed by atoms with Gasteiger partial charge >= 0.3 is 0 Å². The molecule has 0 bridgehead atoms. The first kappa shape index (κ1) is 22.7. The molecule has 0 unspecified atom stereocenters. The number of rotatable bonds is 8. The number of hydrogen-bond acceptors (Lipinski definition) is 5. The summed E-state index contributed by atoms with van der Waals surface area (Å²) in [5.74, 6) is 3.08. The SMILES string of the molecule is CCNC(=NCc1ccc(OC)c(OC)c1)NCCc1nnc2ccccn12.I. The van der Waals surface area contributed by atoms with Crippen molar-refractivity contribution in [2.75, 3.05) is 27.3 Å². The summed E-state index contributed by atoms with van der Waals surface area (Å²) in [4.78, 5) is 4.65. The second kappa shape index (κ2) is 11.4. The first-order valence-electron chi connectivity index (χ1n) is 9.27. The molecule has 3 rings (SSSR count). The van der Waals surface area contributed by atoms with Crippen LogP contribution in [-0.4, -0.2) is 47.9 Å². The van der Waals surface area contributed by atoms with Crippen LogP contribution in [0.1, 0.15) is 18.3 Å². The van der Waals surface area contributed by atoms with Gasteiger partial charge in [0, 0.05) is 25.7 Å². The number of hydrogen-bond donors (Lipinski definition) is 2. The fourth-order valence-corrected chi connectivity index (χ4v) is 2.85. The molecule has 2 heterocycles. The molecule has 3 aromatic rings. The van der Waals surface area contributed by atoms with Crippen LogP contribution < -0.4 is 20.1 Å². The summed E-state index contributed by atoms with van der Waals surface area (Å²) in [5.41, 5.74) is 1.89. The fraction of sp³-hybridized carbons (Fsp3) is 0.350. The van der Waals surface area contributed by atoms with Gasteiger partial charge in [0.1, 0.15) is 5.82 Å². The Morgan fingerprint density at radius 2 is 1.90 bits per heavy atom. The van der Waals surface area contributed by atoms with Crippen LogP contribution in [0.4, 0.5) is 0 Å². The normalized spacial score (nSPS) is 11.1. The standard InChI is InChI=1S/C20H26N6O2.HI/c1-4-21-20(23-14-15-8-9-16(27-2)17(13-15)28-3)22-11-10-19-25-24-18-7-5-6-12-26(18)19;/h5-9,12-13H,4,10-11,14H2,1-3H3,(H2,21,22,23);1H. The molecule has 156 valence electrons. The maximum absolute atomic E-state index is 5.35. The lowest BCUT2D eigenvalue weighted by molar-refractivity contribution is 0.354. The van der Waals surface area contributed by atoms with E-state index in [0.29, 0.717) is 24.6 Å². The Balaban J connectivity index is 0.00000300. The largest absolute Gasteiger partial charge is 0.493 e. The van der Waals surface area contributed by atoms with Crippen molar-refractivity contribution in [1.29, 1.82) is 0 Å². The topological polar surface area (TPSA) is 85.1 Å². The van der Waals surface area contributed by atoms with Crippen molar-refractivity contribution < 1.29 is 9.47 Å². The Kier molecular flexibility index (Phi) is 8.97. The van der Waals surface area contributed by atoms with E-state index < -0.39 is 0 Å². The maximum atomic E-state index is 5.35. The predicted octanol–water partition coefficient (Wildman–Crippen LogP) is 2.66. The number of ether oxygens (including phenoxy) is 2. The van der Waals surface area contributed by atoms with Gasteiger partial charge in [-0.05, 0) is 36.8 Å². The molecule has 8 nitrogen and oxygen atoms in total. The van der Waals surface area contributed by atoms with Crippen molar-refractivity contribution in [1.82, 2.24) is 25.2 Å². The van der Waals surface area contributed by atoms with Gasteiger partial charge in [0.2, 0.25) is 0 Å². The predicted molar refractivity (Wildman–Crippen MR) is 124 cm³/mol. The van der Waals surface area contributed by atoms with E-state index >= 15 is 0 Å². The van der Waals surface area contributed by atoms with E-state index in [1.165, 1.54) is 0 Å². The Bertz CT molecular complexity index is 944. The van der Waals surface area contributed by atoms with Gasteiger partial charge in [0.05, 0.1) is 20.8 Å². The van der Waals surface area contributed by atoms with E-state index in [9.17, 15) is 0 Å². The first-order chi connectivity index (χ1) is 13.7. The van der Waals surface area contributed by atoms with Crippen LogP contribution in [0.3, 0.4) is 0 Å². The summed E-state index contributed by atoms with van der Waals surface area (Å²) in [5, 5.41) is 15.0. The van der Waals surface area contributed by atoms with E-state index in [2.05, 4.69) is 25.8 Å². The molecule has 0 saturated carbocycles. The lowest BCUT2D eigenvalue weighted by Crippen LogP contribution is -2.38. The Hall–Kier alpha value is -2.56. The molecule has 0 amide bonds. The van der Waals surface area contributed by atoms with E-state index in [0.717, 1.165) is 36.0 Å². The van der Waals surface area contributed by atoms with E-state index in [1.54, 1.807) is 14.2 Å². The zero-order valence-electron chi connectivity index (χ0n) is 16.9. The van der Waals surface area contributed by atoms with Gasteiger partial charge in [-0.2, -0.15) is 0 Å². The van der Waals surface area contributed by atoms with Crippen LogP contribution in [-0.2, 0) is 13.0 Å². The van der Waals surface area contributed by atoms with E-state index in [4.69, 9.17) is 9.47 Å². The lowest BCUT2D eigenvalue weighted by Gasteiger charge is -2.12. The average Bonchev–Trinajstić information content (AvgIpc) is 3.15. The summed E-state index contributed by atoms with van der Waals surface area (Å²) in [6.07, 6.45) is 2.72. The molecular formula is C20H27IN6O2. The Morgan fingerprint density at radius 3 is 2.66 bits per heavy atom. The van der Waals surface area contributed by atoms with E-state index in [-0.39, 0.29) is 24.0 Å². The summed E-state index contributed by atoms with van der Waals surface area (Å²) in [7, 11) is 3.26. The third-order valence-electron chi connectivity index (χ3n) is 4.24. The second-order valence-electron chi connectivity index (χ2n) is 6.11. The minimum atomic E-state index is 0. The number of halogens is 1. The minimum Gasteiger partial charge on any atom is -0.493 e. The highest BCUT2D eigenvalue weighted by Gasteiger charge is 2.06. The maximum Gasteiger partial charge on any atom is 0.191 e. The number of fused-ring (bicyclic) bond motifs is 1. The molecule has 0 radical (unpaired) electrons.